The largest absolute Gasteiger partial charge is 0.876 e. The van der Waals surface area contributed by atoms with E-state index in [0.29, 0.717) is 0 Å². The van der Waals surface area contributed by atoms with Crippen LogP contribution in [0.2, 0.25) is 0 Å². The molecule has 0 aliphatic heterocycles. The Hall–Kier alpha value is -1.19. The number of primary amides is 1. The Kier molecular flexibility index (Phi) is 6.10. The summed E-state index contributed by atoms with van der Waals surface area (Å²) < 4.78 is 4.58. The fourth-order valence-corrected chi connectivity index (χ4v) is 0.302. The van der Waals surface area contributed by atoms with E-state index in [1.807, 2.05) is 0 Å². The molecule has 0 rings (SSSR count). The first kappa shape index (κ1) is 13.4. The summed E-state index contributed by atoms with van der Waals surface area (Å²) in [5.41, 5.74) is 4.26. The predicted molar refractivity (Wildman–Crippen MR) is 45.2 cm³/mol. The van der Waals surface area contributed by atoms with E-state index in [4.69, 9.17) is 5.73 Å². The van der Waals surface area contributed by atoms with Crippen molar-refractivity contribution in [3.05, 3.63) is 12.3 Å². The van der Waals surface area contributed by atoms with Crippen LogP contribution in [0.25, 0.3) is 0 Å². The molecule has 0 aromatic rings. The lowest BCUT2D eigenvalue weighted by molar-refractivity contribution is -0.300. The van der Waals surface area contributed by atoms with Gasteiger partial charge in [0.1, 0.15) is 5.60 Å². The Bertz CT molecular complexity index is 154. The van der Waals surface area contributed by atoms with Gasteiger partial charge in [0.2, 0.25) is 0 Å². The normalized spacial score (nSPS) is 9.33. The van der Waals surface area contributed by atoms with Crippen molar-refractivity contribution in [3.63, 3.8) is 0 Å². The smallest absolute Gasteiger partial charge is 0.405 e. The highest BCUT2D eigenvalue weighted by Gasteiger charge is 2.12. The van der Waals surface area contributed by atoms with Gasteiger partial charge in [-0.25, -0.2) is 4.79 Å². The molecule has 4 nitrogen and oxygen atoms in total. The third-order valence-electron chi connectivity index (χ3n) is 0.407. The van der Waals surface area contributed by atoms with Gasteiger partial charge in [0.25, 0.3) is 0 Å². The second kappa shape index (κ2) is 5.46. The summed E-state index contributed by atoms with van der Waals surface area (Å²) in [7, 11) is 0. The van der Waals surface area contributed by atoms with Gasteiger partial charge in [-0.3, -0.25) is 0 Å². The monoisotopic (exact) mass is 174 g/mol. The number of amides is 1. The molecule has 0 spiro atoms. The van der Waals surface area contributed by atoms with Crippen molar-refractivity contribution >= 4 is 6.09 Å². The molecule has 2 N–H and O–H groups in total. The first-order chi connectivity index (χ1) is 5.15. The number of carbonyl (C=O) groups excluding carboxylic acids is 1. The number of ether oxygens (including phenoxy) is 1. The van der Waals surface area contributed by atoms with Crippen molar-refractivity contribution < 1.29 is 14.6 Å². The second-order valence-electron chi connectivity index (χ2n) is 3.24. The van der Waals surface area contributed by atoms with Crippen LogP contribution in [0.4, 0.5) is 4.79 Å². The molecule has 0 bridgehead atoms. The molecule has 0 atom stereocenters. The van der Waals surface area contributed by atoms with E-state index in [2.05, 4.69) is 11.3 Å². The van der Waals surface area contributed by atoms with E-state index >= 15 is 0 Å². The first-order valence-corrected chi connectivity index (χ1v) is 3.46. The Morgan fingerprint density at radius 3 is 1.75 bits per heavy atom. The Balaban J connectivity index is 0. The molecule has 0 saturated heterocycles. The first-order valence-electron chi connectivity index (χ1n) is 3.46. The fraction of sp³-hybridized carbons (Fsp3) is 0.625. The van der Waals surface area contributed by atoms with Crippen LogP contribution in [0.1, 0.15) is 27.7 Å². The Morgan fingerprint density at radius 1 is 1.50 bits per heavy atom. The van der Waals surface area contributed by atoms with Gasteiger partial charge in [-0.05, 0) is 20.8 Å². The zero-order chi connectivity index (χ0) is 10.4. The minimum Gasteiger partial charge on any atom is -0.876 e. The van der Waals surface area contributed by atoms with Crippen LogP contribution in [0.5, 0.6) is 0 Å². The summed E-state index contributed by atoms with van der Waals surface area (Å²) in [5, 5.41) is 9.33. The van der Waals surface area contributed by atoms with E-state index in [-0.39, 0.29) is 5.76 Å². The quantitative estimate of drug-likeness (QED) is 0.551. The van der Waals surface area contributed by atoms with Crippen LogP contribution >= 0.6 is 0 Å². The number of nitrogens with two attached hydrogens (primary N) is 1. The molecule has 0 radical (unpaired) electrons. The molecule has 72 valence electrons. The van der Waals surface area contributed by atoms with E-state index in [1.54, 1.807) is 20.8 Å². The zero-order valence-corrected chi connectivity index (χ0v) is 8.01. The van der Waals surface area contributed by atoms with Gasteiger partial charge in [0, 0.05) is 0 Å². The Morgan fingerprint density at radius 2 is 1.75 bits per heavy atom. The van der Waals surface area contributed by atoms with E-state index in [0.717, 1.165) is 0 Å². The lowest BCUT2D eigenvalue weighted by Gasteiger charge is -2.16. The molecule has 0 aliphatic rings. The Labute approximate surface area is 73.0 Å². The minimum atomic E-state index is -0.725. The average Bonchev–Trinajstić information content (AvgIpc) is 1.52. The molecular formula is C8H16NO3-. The van der Waals surface area contributed by atoms with Gasteiger partial charge in [-0.1, -0.05) is 6.92 Å². The van der Waals surface area contributed by atoms with E-state index in [9.17, 15) is 9.90 Å². The van der Waals surface area contributed by atoms with E-state index in [1.165, 1.54) is 6.92 Å². The average molecular weight is 174 g/mol. The van der Waals surface area contributed by atoms with Crippen molar-refractivity contribution in [1.29, 1.82) is 0 Å². The minimum absolute atomic E-state index is 0.0833. The van der Waals surface area contributed by atoms with Gasteiger partial charge >= 0.3 is 6.09 Å². The molecule has 0 aromatic carbocycles. The summed E-state index contributed by atoms with van der Waals surface area (Å²) in [4.78, 5) is 10.0. The van der Waals surface area contributed by atoms with Crippen LogP contribution < -0.4 is 10.8 Å². The van der Waals surface area contributed by atoms with Crippen molar-refractivity contribution in [2.24, 2.45) is 5.73 Å². The molecule has 0 aliphatic carbocycles. The number of allylic oxidation sites excluding steroid dienone is 1. The SMILES string of the molecule is C=C(C)[O-].CC(C)(C)OC(N)=O. The molecule has 0 heterocycles. The number of hydrogen-bond donors (Lipinski definition) is 1. The molecule has 4 heteroatoms. The van der Waals surface area contributed by atoms with Crippen molar-refractivity contribution in [3.8, 4) is 0 Å². The molecular weight excluding hydrogens is 158 g/mol. The molecule has 1 amide bonds. The summed E-state index contributed by atoms with van der Waals surface area (Å²) in [6, 6.07) is 0. The second-order valence-corrected chi connectivity index (χ2v) is 3.24. The summed E-state index contributed by atoms with van der Waals surface area (Å²) in [6.45, 7) is 9.70. The predicted octanol–water partition coefficient (Wildman–Crippen LogP) is 0.760. The van der Waals surface area contributed by atoms with Crippen LogP contribution in [-0.4, -0.2) is 11.7 Å². The highest BCUT2D eigenvalue weighted by molar-refractivity contribution is 5.65. The summed E-state index contributed by atoms with van der Waals surface area (Å²) in [6.07, 6.45) is -0.725. The number of hydrogen-bond acceptors (Lipinski definition) is 3. The van der Waals surface area contributed by atoms with Gasteiger partial charge in [-0.15, -0.1) is 12.3 Å². The molecule has 0 unspecified atom stereocenters. The number of rotatable bonds is 0. The molecule has 0 aromatic heterocycles. The fourth-order valence-electron chi connectivity index (χ4n) is 0.302. The zero-order valence-electron chi connectivity index (χ0n) is 8.01. The third kappa shape index (κ3) is 37.0. The summed E-state index contributed by atoms with van der Waals surface area (Å²) in [5.74, 6) is -0.0833. The van der Waals surface area contributed by atoms with Crippen molar-refractivity contribution in [2.75, 3.05) is 0 Å². The molecule has 0 fully saturated rings. The van der Waals surface area contributed by atoms with Crippen molar-refractivity contribution in [1.82, 2.24) is 0 Å². The van der Waals surface area contributed by atoms with Gasteiger partial charge in [0.05, 0.1) is 0 Å². The standard InChI is InChI=1S/C5H11NO2.C3H6O/c1-5(2,3)8-4(6)7;1-3(2)4/h1-3H3,(H2,6,7);4H,1H2,2H3/p-1. The maximum atomic E-state index is 10.0. The van der Waals surface area contributed by atoms with Crippen LogP contribution in [0, 0.1) is 0 Å². The number of carbonyl (C=O) groups is 1. The van der Waals surface area contributed by atoms with Gasteiger partial charge in [0.15, 0.2) is 0 Å². The van der Waals surface area contributed by atoms with E-state index < -0.39 is 11.7 Å². The maximum Gasteiger partial charge on any atom is 0.405 e. The van der Waals surface area contributed by atoms with Gasteiger partial charge < -0.3 is 15.6 Å². The topological polar surface area (TPSA) is 75.4 Å². The highest BCUT2D eigenvalue weighted by atomic mass is 16.6. The lowest BCUT2D eigenvalue weighted by Crippen LogP contribution is -2.27. The van der Waals surface area contributed by atoms with Crippen molar-refractivity contribution in [2.45, 2.75) is 33.3 Å². The third-order valence-corrected chi connectivity index (χ3v) is 0.407. The van der Waals surface area contributed by atoms with Crippen LogP contribution in [-0.2, 0) is 4.74 Å². The summed E-state index contributed by atoms with van der Waals surface area (Å²) >= 11 is 0. The highest BCUT2D eigenvalue weighted by Crippen LogP contribution is 2.04. The lowest BCUT2D eigenvalue weighted by atomic mass is 10.2. The van der Waals surface area contributed by atoms with Gasteiger partial charge in [-0.2, -0.15) is 0 Å². The van der Waals surface area contributed by atoms with Crippen LogP contribution in [0.15, 0.2) is 12.3 Å². The molecule has 0 saturated carbocycles. The maximum absolute atomic E-state index is 10.0. The van der Waals surface area contributed by atoms with Crippen LogP contribution in [0.3, 0.4) is 0 Å². The molecule has 12 heavy (non-hydrogen) atoms.